The number of rotatable bonds is 2. The van der Waals surface area contributed by atoms with Gasteiger partial charge in [-0.15, -0.1) is 0 Å². The summed E-state index contributed by atoms with van der Waals surface area (Å²) in [5, 5.41) is 3.35. The Labute approximate surface area is 128 Å². The molecule has 5 rings (SSSR count). The van der Waals surface area contributed by atoms with Crippen molar-refractivity contribution in [2.24, 2.45) is 23.7 Å². The van der Waals surface area contributed by atoms with Gasteiger partial charge in [-0.2, -0.15) is 0 Å². The van der Waals surface area contributed by atoms with Crippen LogP contribution < -0.4 is 5.32 Å². The van der Waals surface area contributed by atoms with Gasteiger partial charge in [0, 0.05) is 10.5 Å². The Kier molecular flexibility index (Phi) is 3.13. The van der Waals surface area contributed by atoms with Crippen molar-refractivity contribution < 1.29 is 4.79 Å². The van der Waals surface area contributed by atoms with E-state index in [0.29, 0.717) is 6.04 Å². The summed E-state index contributed by atoms with van der Waals surface area (Å²) in [6.07, 6.45) is 6.82. The molecular weight excluding hydrogens is 314 g/mol. The summed E-state index contributed by atoms with van der Waals surface area (Å²) in [6.45, 7) is 0. The summed E-state index contributed by atoms with van der Waals surface area (Å²) >= 11 is 3.48. The first-order chi connectivity index (χ1) is 9.70. The Morgan fingerprint density at radius 2 is 1.60 bits per heavy atom. The van der Waals surface area contributed by atoms with E-state index in [1.165, 1.54) is 32.1 Å². The second-order valence-corrected chi connectivity index (χ2v) is 7.76. The molecule has 1 aromatic rings. The maximum atomic E-state index is 12.5. The van der Waals surface area contributed by atoms with Crippen LogP contribution in [0.25, 0.3) is 0 Å². The fourth-order valence-corrected chi connectivity index (χ4v) is 5.50. The van der Waals surface area contributed by atoms with Crippen molar-refractivity contribution in [1.29, 1.82) is 0 Å². The first-order valence-corrected chi connectivity index (χ1v) is 8.55. The quantitative estimate of drug-likeness (QED) is 0.870. The molecule has 4 saturated carbocycles. The zero-order valence-corrected chi connectivity index (χ0v) is 13.1. The van der Waals surface area contributed by atoms with Gasteiger partial charge in [-0.25, -0.2) is 0 Å². The Hall–Kier alpha value is -0.830. The van der Waals surface area contributed by atoms with E-state index < -0.39 is 0 Å². The lowest BCUT2D eigenvalue weighted by molar-refractivity contribution is -0.0119. The van der Waals surface area contributed by atoms with E-state index in [4.69, 9.17) is 0 Å². The molecule has 4 aliphatic rings. The molecule has 106 valence electrons. The number of benzene rings is 1. The molecule has 0 aliphatic heterocycles. The Morgan fingerprint density at radius 3 is 2.20 bits per heavy atom. The van der Waals surface area contributed by atoms with Gasteiger partial charge in [-0.1, -0.05) is 12.1 Å². The van der Waals surface area contributed by atoms with Crippen LogP contribution in [0.4, 0.5) is 0 Å². The van der Waals surface area contributed by atoms with Crippen LogP contribution in [0.15, 0.2) is 28.7 Å². The minimum Gasteiger partial charge on any atom is -0.349 e. The molecule has 0 aromatic heterocycles. The van der Waals surface area contributed by atoms with E-state index in [-0.39, 0.29) is 5.91 Å². The second-order valence-electron chi connectivity index (χ2n) is 6.91. The SMILES string of the molecule is O=C(NC1C2CC3CC(C2)CC1C3)c1ccccc1Br. The van der Waals surface area contributed by atoms with Crippen molar-refractivity contribution in [3.8, 4) is 0 Å². The van der Waals surface area contributed by atoms with Crippen LogP contribution >= 0.6 is 15.9 Å². The normalized spacial score (nSPS) is 38.0. The molecule has 3 heteroatoms. The van der Waals surface area contributed by atoms with Crippen LogP contribution in [0.3, 0.4) is 0 Å². The van der Waals surface area contributed by atoms with E-state index >= 15 is 0 Å². The number of carbonyl (C=O) groups excluding carboxylic acids is 1. The zero-order valence-electron chi connectivity index (χ0n) is 11.5. The predicted octanol–water partition coefficient (Wildman–Crippen LogP) is 4.00. The van der Waals surface area contributed by atoms with E-state index in [0.717, 1.165) is 33.7 Å². The molecule has 2 nitrogen and oxygen atoms in total. The highest BCUT2D eigenvalue weighted by Crippen LogP contribution is 2.53. The smallest absolute Gasteiger partial charge is 0.252 e. The van der Waals surface area contributed by atoms with Crippen molar-refractivity contribution in [2.75, 3.05) is 0 Å². The molecule has 4 bridgehead atoms. The van der Waals surface area contributed by atoms with Crippen LogP contribution in [-0.4, -0.2) is 11.9 Å². The van der Waals surface area contributed by atoms with Crippen LogP contribution in [-0.2, 0) is 0 Å². The van der Waals surface area contributed by atoms with Gasteiger partial charge in [0.05, 0.1) is 5.56 Å². The summed E-state index contributed by atoms with van der Waals surface area (Å²) in [6, 6.07) is 8.13. The number of hydrogen-bond acceptors (Lipinski definition) is 1. The third-order valence-corrected chi connectivity index (χ3v) is 6.33. The van der Waals surface area contributed by atoms with Gasteiger partial charge in [0.15, 0.2) is 0 Å². The van der Waals surface area contributed by atoms with Crippen LogP contribution in [0, 0.1) is 23.7 Å². The standard InChI is InChI=1S/C17H20BrNO/c18-15-4-2-1-3-14(15)17(20)19-16-12-6-10-5-11(8-12)9-13(16)7-10/h1-4,10-13,16H,5-9H2,(H,19,20). The van der Waals surface area contributed by atoms with Crippen molar-refractivity contribution in [3.05, 3.63) is 34.3 Å². The van der Waals surface area contributed by atoms with Crippen molar-refractivity contribution in [3.63, 3.8) is 0 Å². The number of halogens is 1. The Bertz CT molecular complexity index is 514. The monoisotopic (exact) mass is 333 g/mol. The molecular formula is C17H20BrNO. The average molecular weight is 334 g/mol. The fraction of sp³-hybridized carbons (Fsp3) is 0.588. The van der Waals surface area contributed by atoms with Gasteiger partial charge in [0.1, 0.15) is 0 Å². The van der Waals surface area contributed by atoms with Crippen molar-refractivity contribution in [2.45, 2.75) is 38.1 Å². The maximum absolute atomic E-state index is 12.5. The molecule has 1 aromatic carbocycles. The van der Waals surface area contributed by atoms with Crippen LogP contribution in [0.5, 0.6) is 0 Å². The molecule has 0 saturated heterocycles. The average Bonchev–Trinajstić information content (AvgIpc) is 2.42. The molecule has 1 amide bonds. The third kappa shape index (κ3) is 2.11. The Balaban J connectivity index is 1.52. The van der Waals surface area contributed by atoms with Crippen molar-refractivity contribution >= 4 is 21.8 Å². The van der Waals surface area contributed by atoms with E-state index in [2.05, 4.69) is 21.2 Å². The van der Waals surface area contributed by atoms with E-state index in [1.54, 1.807) is 0 Å². The maximum Gasteiger partial charge on any atom is 0.252 e. The van der Waals surface area contributed by atoms with Gasteiger partial charge in [-0.3, -0.25) is 4.79 Å². The Morgan fingerprint density at radius 1 is 1.00 bits per heavy atom. The summed E-state index contributed by atoms with van der Waals surface area (Å²) in [5.74, 6) is 3.47. The summed E-state index contributed by atoms with van der Waals surface area (Å²) in [5.41, 5.74) is 0.765. The minimum atomic E-state index is 0.0925. The minimum absolute atomic E-state index is 0.0925. The molecule has 0 radical (unpaired) electrons. The summed E-state index contributed by atoms with van der Waals surface area (Å²) in [7, 11) is 0. The molecule has 1 N–H and O–H groups in total. The number of nitrogens with one attached hydrogen (secondary N) is 1. The second kappa shape index (κ2) is 4.87. The van der Waals surface area contributed by atoms with E-state index in [1.807, 2.05) is 24.3 Å². The predicted molar refractivity (Wildman–Crippen MR) is 82.4 cm³/mol. The fourth-order valence-electron chi connectivity index (χ4n) is 5.04. The van der Waals surface area contributed by atoms with Crippen molar-refractivity contribution in [1.82, 2.24) is 5.32 Å². The summed E-state index contributed by atoms with van der Waals surface area (Å²) in [4.78, 5) is 12.5. The molecule has 20 heavy (non-hydrogen) atoms. The third-order valence-electron chi connectivity index (χ3n) is 5.64. The zero-order chi connectivity index (χ0) is 13.7. The number of carbonyl (C=O) groups is 1. The lowest BCUT2D eigenvalue weighted by atomic mass is 9.54. The molecule has 0 unspecified atom stereocenters. The van der Waals surface area contributed by atoms with Gasteiger partial charge in [0.25, 0.3) is 5.91 Å². The highest BCUT2D eigenvalue weighted by atomic mass is 79.9. The lowest BCUT2D eigenvalue weighted by Crippen LogP contribution is -2.55. The first kappa shape index (κ1) is 12.9. The highest BCUT2D eigenvalue weighted by Gasteiger charge is 2.48. The highest BCUT2D eigenvalue weighted by molar-refractivity contribution is 9.10. The summed E-state index contributed by atoms with van der Waals surface area (Å²) < 4.78 is 0.890. The largest absolute Gasteiger partial charge is 0.349 e. The molecule has 4 fully saturated rings. The number of amides is 1. The lowest BCUT2D eigenvalue weighted by Gasteiger charge is -2.54. The first-order valence-electron chi connectivity index (χ1n) is 7.76. The number of hydrogen-bond donors (Lipinski definition) is 1. The van der Waals surface area contributed by atoms with Gasteiger partial charge in [0.2, 0.25) is 0 Å². The molecule has 0 spiro atoms. The molecule has 4 aliphatic carbocycles. The van der Waals surface area contributed by atoms with Gasteiger partial charge in [-0.05, 0) is 83.8 Å². The van der Waals surface area contributed by atoms with Gasteiger partial charge < -0.3 is 5.32 Å². The van der Waals surface area contributed by atoms with E-state index in [9.17, 15) is 4.79 Å². The topological polar surface area (TPSA) is 29.1 Å². The molecule has 0 atom stereocenters. The van der Waals surface area contributed by atoms with Gasteiger partial charge >= 0.3 is 0 Å². The van der Waals surface area contributed by atoms with Crippen LogP contribution in [0.2, 0.25) is 0 Å². The molecule has 0 heterocycles. The van der Waals surface area contributed by atoms with Crippen LogP contribution in [0.1, 0.15) is 42.5 Å².